The Morgan fingerprint density at radius 2 is 1.83 bits per heavy atom. The molecule has 1 aliphatic heterocycles. The molecule has 0 unspecified atom stereocenters. The zero-order valence-electron chi connectivity index (χ0n) is 11.3. The predicted molar refractivity (Wildman–Crippen MR) is 73.0 cm³/mol. The van der Waals surface area contributed by atoms with E-state index >= 15 is 0 Å². The lowest BCUT2D eigenvalue weighted by molar-refractivity contribution is -0.0686. The lowest BCUT2D eigenvalue weighted by Gasteiger charge is -2.35. The molecule has 0 aliphatic carbocycles. The van der Waals surface area contributed by atoms with Gasteiger partial charge in [0, 0.05) is 19.6 Å². The predicted octanol–water partition coefficient (Wildman–Crippen LogP) is 2.56. The average molecular weight is 249 g/mol. The van der Waals surface area contributed by atoms with Crippen molar-refractivity contribution in [3.63, 3.8) is 0 Å². The summed E-state index contributed by atoms with van der Waals surface area (Å²) < 4.78 is 11.4. The maximum absolute atomic E-state index is 5.72. The van der Waals surface area contributed by atoms with Gasteiger partial charge in [-0.25, -0.2) is 0 Å². The number of hydrogen-bond acceptors (Lipinski definition) is 3. The van der Waals surface area contributed by atoms with Gasteiger partial charge in [-0.2, -0.15) is 0 Å². The minimum absolute atomic E-state index is 0.351. The lowest BCUT2D eigenvalue weighted by Crippen LogP contribution is -2.45. The third kappa shape index (κ3) is 4.31. The summed E-state index contributed by atoms with van der Waals surface area (Å²) in [5, 5.41) is 0. The zero-order valence-corrected chi connectivity index (χ0v) is 11.3. The minimum atomic E-state index is 0.351. The second-order valence-corrected chi connectivity index (χ2v) is 5.03. The van der Waals surface area contributed by atoms with Crippen molar-refractivity contribution in [2.75, 3.05) is 26.2 Å². The summed E-state index contributed by atoms with van der Waals surface area (Å²) >= 11 is 0. The molecule has 0 bridgehead atoms. The molecule has 100 valence electrons. The lowest BCUT2D eigenvalue weighted by atomic mass is 10.2. The summed E-state index contributed by atoms with van der Waals surface area (Å²) in [7, 11) is 0. The van der Waals surface area contributed by atoms with Crippen molar-refractivity contribution in [2.45, 2.75) is 32.5 Å². The fourth-order valence-electron chi connectivity index (χ4n) is 2.46. The summed E-state index contributed by atoms with van der Waals surface area (Å²) in [6.45, 7) is 8.23. The van der Waals surface area contributed by atoms with Crippen molar-refractivity contribution in [3.8, 4) is 5.75 Å². The highest BCUT2D eigenvalue weighted by atomic mass is 16.5. The Hall–Kier alpha value is -1.06. The molecule has 0 amide bonds. The number of nitrogens with zero attached hydrogens (tertiary/aromatic N) is 1. The summed E-state index contributed by atoms with van der Waals surface area (Å²) in [6, 6.07) is 10.0. The number of benzene rings is 1. The molecule has 1 fully saturated rings. The van der Waals surface area contributed by atoms with Crippen LogP contribution in [0, 0.1) is 0 Å². The number of hydrogen-bond donors (Lipinski definition) is 0. The summed E-state index contributed by atoms with van der Waals surface area (Å²) in [4.78, 5) is 2.47. The molecule has 0 aromatic heterocycles. The van der Waals surface area contributed by atoms with E-state index in [9.17, 15) is 0 Å². The molecule has 3 nitrogen and oxygen atoms in total. The Balaban J connectivity index is 1.63. The Morgan fingerprint density at radius 1 is 1.17 bits per heavy atom. The van der Waals surface area contributed by atoms with E-state index < -0.39 is 0 Å². The van der Waals surface area contributed by atoms with Crippen molar-refractivity contribution >= 4 is 0 Å². The van der Waals surface area contributed by atoms with Crippen LogP contribution in [0.15, 0.2) is 30.3 Å². The van der Waals surface area contributed by atoms with E-state index in [1.165, 1.54) is 0 Å². The van der Waals surface area contributed by atoms with Crippen LogP contribution in [0.3, 0.4) is 0 Å². The van der Waals surface area contributed by atoms with Gasteiger partial charge >= 0.3 is 0 Å². The molecule has 0 radical (unpaired) electrons. The molecular weight excluding hydrogens is 226 g/mol. The molecule has 1 aromatic rings. The summed E-state index contributed by atoms with van der Waals surface area (Å²) in [6.07, 6.45) is 1.77. The van der Waals surface area contributed by atoms with Gasteiger partial charge in [-0.1, -0.05) is 18.2 Å². The van der Waals surface area contributed by atoms with Crippen molar-refractivity contribution in [1.29, 1.82) is 0 Å². The molecule has 0 N–H and O–H groups in total. The number of para-hydroxylation sites is 1. The molecule has 1 aromatic carbocycles. The zero-order chi connectivity index (χ0) is 12.8. The molecule has 2 atom stereocenters. The Kier molecular flexibility index (Phi) is 5.02. The molecule has 0 spiro atoms. The van der Waals surface area contributed by atoms with E-state index in [0.717, 1.165) is 38.4 Å². The fourth-order valence-corrected chi connectivity index (χ4v) is 2.46. The van der Waals surface area contributed by atoms with E-state index in [0.29, 0.717) is 12.2 Å². The quantitative estimate of drug-likeness (QED) is 0.749. The van der Waals surface area contributed by atoms with Crippen LogP contribution in [0.5, 0.6) is 5.75 Å². The monoisotopic (exact) mass is 249 g/mol. The fraction of sp³-hybridized carbons (Fsp3) is 0.600. The average Bonchev–Trinajstić information content (AvgIpc) is 2.35. The normalized spacial score (nSPS) is 25.0. The number of morpholine rings is 1. The first-order chi connectivity index (χ1) is 8.74. The van der Waals surface area contributed by atoms with Gasteiger partial charge in [0.25, 0.3) is 0 Å². The summed E-state index contributed by atoms with van der Waals surface area (Å²) in [5.41, 5.74) is 0. The molecule has 1 heterocycles. The van der Waals surface area contributed by atoms with Crippen molar-refractivity contribution in [2.24, 2.45) is 0 Å². The number of rotatable bonds is 5. The molecule has 18 heavy (non-hydrogen) atoms. The van der Waals surface area contributed by atoms with E-state index in [2.05, 4.69) is 18.7 Å². The highest BCUT2D eigenvalue weighted by Crippen LogP contribution is 2.12. The third-order valence-corrected chi connectivity index (χ3v) is 3.13. The largest absolute Gasteiger partial charge is 0.494 e. The van der Waals surface area contributed by atoms with E-state index in [-0.39, 0.29) is 0 Å². The topological polar surface area (TPSA) is 21.7 Å². The number of ether oxygens (including phenoxy) is 2. The first kappa shape index (κ1) is 13.4. The van der Waals surface area contributed by atoms with Gasteiger partial charge in [0.15, 0.2) is 0 Å². The van der Waals surface area contributed by atoms with E-state index in [1.54, 1.807) is 0 Å². The molecule has 0 saturated carbocycles. The van der Waals surface area contributed by atoms with Gasteiger partial charge < -0.3 is 9.47 Å². The molecule has 3 heteroatoms. The van der Waals surface area contributed by atoms with Crippen LogP contribution in [0.4, 0.5) is 0 Å². The van der Waals surface area contributed by atoms with Gasteiger partial charge in [0.05, 0.1) is 18.8 Å². The van der Waals surface area contributed by atoms with Crippen LogP contribution in [0.25, 0.3) is 0 Å². The van der Waals surface area contributed by atoms with Crippen molar-refractivity contribution in [3.05, 3.63) is 30.3 Å². The molecule has 1 aliphatic rings. The standard InChI is InChI=1S/C15H23NO2/c1-13-11-16(12-14(2)18-13)9-6-10-17-15-7-4-3-5-8-15/h3-5,7-8,13-14H,6,9-12H2,1-2H3/t13-,14-/m1/s1. The second-order valence-electron chi connectivity index (χ2n) is 5.03. The minimum Gasteiger partial charge on any atom is -0.494 e. The van der Waals surface area contributed by atoms with Gasteiger partial charge in [0.1, 0.15) is 5.75 Å². The van der Waals surface area contributed by atoms with Crippen LogP contribution in [-0.4, -0.2) is 43.3 Å². The van der Waals surface area contributed by atoms with E-state index in [4.69, 9.17) is 9.47 Å². The SMILES string of the molecule is C[C@@H]1CN(CCCOc2ccccc2)C[C@@H](C)O1. The second kappa shape index (κ2) is 6.76. The van der Waals surface area contributed by atoms with Crippen LogP contribution < -0.4 is 4.74 Å². The Bertz CT molecular complexity index is 332. The molecule has 2 rings (SSSR count). The highest BCUT2D eigenvalue weighted by Gasteiger charge is 2.21. The van der Waals surface area contributed by atoms with Crippen molar-refractivity contribution < 1.29 is 9.47 Å². The Labute approximate surface area is 110 Å². The van der Waals surface area contributed by atoms with Gasteiger partial charge in [-0.3, -0.25) is 4.90 Å². The van der Waals surface area contributed by atoms with E-state index in [1.807, 2.05) is 30.3 Å². The van der Waals surface area contributed by atoms with Gasteiger partial charge in [0.2, 0.25) is 0 Å². The van der Waals surface area contributed by atoms with Crippen LogP contribution >= 0.6 is 0 Å². The van der Waals surface area contributed by atoms with Crippen LogP contribution in [0.1, 0.15) is 20.3 Å². The third-order valence-electron chi connectivity index (χ3n) is 3.13. The first-order valence-electron chi connectivity index (χ1n) is 6.79. The van der Waals surface area contributed by atoms with Gasteiger partial charge in [-0.05, 0) is 32.4 Å². The summed E-state index contributed by atoms with van der Waals surface area (Å²) in [5.74, 6) is 0.959. The first-order valence-corrected chi connectivity index (χ1v) is 6.79. The Morgan fingerprint density at radius 3 is 2.50 bits per heavy atom. The van der Waals surface area contributed by atoms with Crippen LogP contribution in [-0.2, 0) is 4.74 Å². The van der Waals surface area contributed by atoms with Crippen molar-refractivity contribution in [1.82, 2.24) is 4.90 Å². The molecule has 1 saturated heterocycles. The molecular formula is C15H23NO2. The maximum Gasteiger partial charge on any atom is 0.119 e. The smallest absolute Gasteiger partial charge is 0.119 e. The highest BCUT2D eigenvalue weighted by molar-refractivity contribution is 5.20. The van der Waals surface area contributed by atoms with Crippen LogP contribution in [0.2, 0.25) is 0 Å². The maximum atomic E-state index is 5.72. The van der Waals surface area contributed by atoms with Gasteiger partial charge in [-0.15, -0.1) is 0 Å².